The van der Waals surface area contributed by atoms with Crippen molar-refractivity contribution in [1.29, 1.82) is 0 Å². The first-order valence-corrected chi connectivity index (χ1v) is 8.29. The van der Waals surface area contributed by atoms with E-state index in [-0.39, 0.29) is 24.0 Å². The predicted molar refractivity (Wildman–Crippen MR) is 102 cm³/mol. The number of guanidine groups is 1. The highest BCUT2D eigenvalue weighted by Gasteiger charge is 2.24. The highest BCUT2D eigenvalue weighted by Crippen LogP contribution is 2.15. The lowest BCUT2D eigenvalue weighted by Crippen LogP contribution is -2.53. The standard InChI is InChI=1S/C15H26N6O2.HI/c1-12-18-14(23-19-12)9-17-15(16-2)21-6-4-20(5-7-21)10-13-3-8-22-11-13;/h13H,3-11H2,1-2H3,(H,16,17);1H. The third-order valence-electron chi connectivity index (χ3n) is 4.39. The van der Waals surface area contributed by atoms with Crippen LogP contribution in [0.5, 0.6) is 0 Å². The fourth-order valence-corrected chi connectivity index (χ4v) is 3.13. The van der Waals surface area contributed by atoms with Crippen LogP contribution in [0.2, 0.25) is 0 Å². The van der Waals surface area contributed by atoms with E-state index in [1.54, 1.807) is 0 Å². The van der Waals surface area contributed by atoms with Crippen LogP contribution in [-0.2, 0) is 11.3 Å². The van der Waals surface area contributed by atoms with Crippen molar-refractivity contribution in [2.75, 3.05) is 53.0 Å². The van der Waals surface area contributed by atoms with E-state index in [9.17, 15) is 0 Å². The molecule has 1 unspecified atom stereocenters. The van der Waals surface area contributed by atoms with Crippen molar-refractivity contribution in [2.24, 2.45) is 10.9 Å². The van der Waals surface area contributed by atoms with Gasteiger partial charge in [-0.15, -0.1) is 24.0 Å². The monoisotopic (exact) mass is 450 g/mol. The number of aryl methyl sites for hydroxylation is 1. The maximum atomic E-state index is 5.46. The van der Waals surface area contributed by atoms with E-state index in [4.69, 9.17) is 9.26 Å². The van der Waals surface area contributed by atoms with Gasteiger partial charge in [0.15, 0.2) is 11.8 Å². The highest BCUT2D eigenvalue weighted by molar-refractivity contribution is 14.0. The van der Waals surface area contributed by atoms with Gasteiger partial charge >= 0.3 is 0 Å². The average molecular weight is 450 g/mol. The van der Waals surface area contributed by atoms with Crippen molar-refractivity contribution < 1.29 is 9.26 Å². The molecule has 1 aromatic heterocycles. The van der Waals surface area contributed by atoms with Gasteiger partial charge in [-0.25, -0.2) is 0 Å². The first-order valence-electron chi connectivity index (χ1n) is 8.29. The summed E-state index contributed by atoms with van der Waals surface area (Å²) >= 11 is 0. The lowest BCUT2D eigenvalue weighted by atomic mass is 10.1. The van der Waals surface area contributed by atoms with Crippen molar-refractivity contribution in [3.8, 4) is 0 Å². The van der Waals surface area contributed by atoms with Crippen molar-refractivity contribution in [2.45, 2.75) is 19.9 Å². The molecule has 136 valence electrons. The average Bonchev–Trinajstić information content (AvgIpc) is 3.21. The van der Waals surface area contributed by atoms with Crippen LogP contribution < -0.4 is 5.32 Å². The van der Waals surface area contributed by atoms with Gasteiger partial charge in [0.25, 0.3) is 0 Å². The van der Waals surface area contributed by atoms with Crippen LogP contribution in [0.1, 0.15) is 18.1 Å². The van der Waals surface area contributed by atoms with Crippen LogP contribution >= 0.6 is 24.0 Å². The fraction of sp³-hybridized carbons (Fsp3) is 0.800. The quantitative estimate of drug-likeness (QED) is 0.412. The third kappa shape index (κ3) is 5.28. The van der Waals surface area contributed by atoms with Crippen molar-refractivity contribution in [3.05, 3.63) is 11.7 Å². The van der Waals surface area contributed by atoms with Crippen molar-refractivity contribution >= 4 is 29.9 Å². The second-order valence-corrected chi connectivity index (χ2v) is 6.15. The van der Waals surface area contributed by atoms with Crippen LogP contribution in [0.4, 0.5) is 0 Å². The van der Waals surface area contributed by atoms with Crippen LogP contribution in [0.15, 0.2) is 9.52 Å². The number of aliphatic imine (C=N–C) groups is 1. The van der Waals surface area contributed by atoms with E-state index in [0.717, 1.165) is 51.9 Å². The topological polar surface area (TPSA) is 79.0 Å². The number of halogens is 1. The van der Waals surface area contributed by atoms with Crippen LogP contribution in [-0.4, -0.2) is 78.9 Å². The number of piperazine rings is 1. The van der Waals surface area contributed by atoms with E-state index in [1.165, 1.54) is 6.42 Å². The molecule has 0 aromatic carbocycles. The van der Waals surface area contributed by atoms with E-state index in [0.29, 0.717) is 24.2 Å². The Kier molecular flexibility index (Phi) is 7.69. The summed E-state index contributed by atoms with van der Waals surface area (Å²) in [5.74, 6) is 2.84. The number of hydrogen-bond acceptors (Lipinski definition) is 6. The molecule has 2 aliphatic rings. The number of nitrogens with zero attached hydrogens (tertiary/aromatic N) is 5. The van der Waals surface area contributed by atoms with E-state index in [1.807, 2.05) is 14.0 Å². The van der Waals surface area contributed by atoms with Crippen LogP contribution in [0.25, 0.3) is 0 Å². The lowest BCUT2D eigenvalue weighted by Gasteiger charge is -2.37. The molecule has 0 saturated carbocycles. The van der Waals surface area contributed by atoms with Gasteiger partial charge in [0.1, 0.15) is 0 Å². The summed E-state index contributed by atoms with van der Waals surface area (Å²) < 4.78 is 10.6. The molecule has 0 amide bonds. The van der Waals surface area contributed by atoms with E-state index in [2.05, 4.69) is 30.2 Å². The number of ether oxygens (including phenoxy) is 1. The molecule has 8 nitrogen and oxygen atoms in total. The molecular weight excluding hydrogens is 423 g/mol. The smallest absolute Gasteiger partial charge is 0.246 e. The Morgan fingerprint density at radius 3 is 2.71 bits per heavy atom. The molecule has 1 aromatic rings. The first-order chi connectivity index (χ1) is 11.2. The number of nitrogens with one attached hydrogen (secondary N) is 1. The third-order valence-corrected chi connectivity index (χ3v) is 4.39. The maximum Gasteiger partial charge on any atom is 0.246 e. The van der Waals surface area contributed by atoms with Gasteiger partial charge in [0.05, 0.1) is 13.2 Å². The molecule has 3 rings (SSSR count). The van der Waals surface area contributed by atoms with E-state index < -0.39 is 0 Å². The van der Waals surface area contributed by atoms with Crippen LogP contribution in [0, 0.1) is 12.8 Å². The predicted octanol–water partition coefficient (Wildman–Crippen LogP) is 0.726. The Morgan fingerprint density at radius 2 is 2.12 bits per heavy atom. The molecule has 24 heavy (non-hydrogen) atoms. The summed E-state index contributed by atoms with van der Waals surface area (Å²) in [6.07, 6.45) is 1.20. The van der Waals surface area contributed by atoms with Gasteiger partial charge in [0.2, 0.25) is 5.89 Å². The minimum Gasteiger partial charge on any atom is -0.381 e. The lowest BCUT2D eigenvalue weighted by molar-refractivity contribution is 0.139. The molecule has 9 heteroatoms. The Balaban J connectivity index is 0.00000208. The Labute approximate surface area is 160 Å². The number of rotatable bonds is 4. The van der Waals surface area contributed by atoms with Crippen LogP contribution in [0.3, 0.4) is 0 Å². The Hall–Kier alpha value is -0.940. The van der Waals surface area contributed by atoms with Crippen molar-refractivity contribution in [3.63, 3.8) is 0 Å². The molecule has 2 fully saturated rings. The zero-order chi connectivity index (χ0) is 16.1. The maximum absolute atomic E-state index is 5.46. The Bertz CT molecular complexity index is 524. The molecule has 0 spiro atoms. The zero-order valence-corrected chi connectivity index (χ0v) is 16.7. The normalized spacial score (nSPS) is 22.5. The van der Waals surface area contributed by atoms with Crippen molar-refractivity contribution in [1.82, 2.24) is 25.3 Å². The highest BCUT2D eigenvalue weighted by atomic mass is 127. The SMILES string of the molecule is CN=C(NCc1nc(C)no1)N1CCN(CC2CCOC2)CC1.I. The second kappa shape index (κ2) is 9.52. The van der Waals surface area contributed by atoms with Gasteiger partial charge in [-0.2, -0.15) is 4.98 Å². The molecule has 0 aliphatic carbocycles. The second-order valence-electron chi connectivity index (χ2n) is 6.15. The van der Waals surface area contributed by atoms with Gasteiger partial charge in [0, 0.05) is 46.4 Å². The first kappa shape index (κ1) is 19.4. The minimum atomic E-state index is 0. The molecular formula is C15H27IN6O2. The van der Waals surface area contributed by atoms with E-state index >= 15 is 0 Å². The van der Waals surface area contributed by atoms with Gasteiger partial charge in [-0.05, 0) is 19.3 Å². The molecule has 2 saturated heterocycles. The molecule has 1 N–H and O–H groups in total. The number of hydrogen-bond donors (Lipinski definition) is 1. The summed E-state index contributed by atoms with van der Waals surface area (Å²) in [7, 11) is 1.81. The van der Waals surface area contributed by atoms with Gasteiger partial charge in [-0.1, -0.05) is 5.16 Å². The summed E-state index contributed by atoms with van der Waals surface area (Å²) in [5, 5.41) is 7.09. The zero-order valence-electron chi connectivity index (χ0n) is 14.4. The molecule has 0 radical (unpaired) electrons. The number of aromatic nitrogens is 2. The largest absolute Gasteiger partial charge is 0.381 e. The Morgan fingerprint density at radius 1 is 1.33 bits per heavy atom. The molecule has 2 aliphatic heterocycles. The molecule has 1 atom stereocenters. The summed E-state index contributed by atoms with van der Waals surface area (Å²) in [4.78, 5) is 13.4. The minimum absolute atomic E-state index is 0. The molecule has 0 bridgehead atoms. The van der Waals surface area contributed by atoms with Gasteiger partial charge < -0.3 is 19.5 Å². The fourth-order valence-electron chi connectivity index (χ4n) is 3.13. The molecule has 3 heterocycles. The van der Waals surface area contributed by atoms with Gasteiger partial charge in [-0.3, -0.25) is 9.89 Å². The summed E-state index contributed by atoms with van der Waals surface area (Å²) in [6.45, 7) is 9.42. The summed E-state index contributed by atoms with van der Waals surface area (Å²) in [6, 6.07) is 0. The summed E-state index contributed by atoms with van der Waals surface area (Å²) in [5.41, 5.74) is 0.